The molecule has 9 atom stereocenters. The summed E-state index contributed by atoms with van der Waals surface area (Å²) < 4.78 is 73.2. The van der Waals surface area contributed by atoms with Gasteiger partial charge in [0.05, 0.1) is 32.5 Å². The number of phosphoric acid groups is 1. The van der Waals surface area contributed by atoms with E-state index in [0.717, 1.165) is 173 Å². The van der Waals surface area contributed by atoms with Gasteiger partial charge in [-0.3, -0.25) is 43.4 Å². The summed E-state index contributed by atoms with van der Waals surface area (Å²) in [5.41, 5.74) is 6.71. The summed E-state index contributed by atoms with van der Waals surface area (Å²) in [6.45, 7) is 11.7. The minimum absolute atomic E-state index is 0.0555. The Morgan fingerprint density at radius 1 is 0.370 bits per heavy atom. The van der Waals surface area contributed by atoms with Crippen LogP contribution in [0.15, 0.2) is 60.7 Å². The Morgan fingerprint density at radius 2 is 0.654 bits per heavy atom. The minimum Gasteiger partial charge on any atom is -0.462 e. The molecule has 1 aliphatic heterocycles. The van der Waals surface area contributed by atoms with Gasteiger partial charge >= 0.3 is 31.7 Å². The number of phosphoric ester groups is 1. The molecular formula is C105H184N3O18P. The maximum absolute atomic E-state index is 15.8. The van der Waals surface area contributed by atoms with E-state index in [4.69, 9.17) is 47.7 Å². The first-order chi connectivity index (χ1) is 62.0. The van der Waals surface area contributed by atoms with Crippen LogP contribution >= 0.6 is 7.82 Å². The second-order valence-corrected chi connectivity index (χ2v) is 38.1. The lowest BCUT2D eigenvalue weighted by Gasteiger charge is -2.45. The minimum atomic E-state index is -5.04. The van der Waals surface area contributed by atoms with E-state index in [2.05, 4.69) is 52.2 Å². The second-order valence-electron chi connectivity index (χ2n) is 36.6. The largest absolute Gasteiger partial charge is 0.588 e. The fraction of sp³-hybridized carbons (Fsp3) is 0.819. The van der Waals surface area contributed by atoms with E-state index in [9.17, 15) is 29.1 Å². The number of carbonyl (C=O) groups excluding carboxylic acids is 7. The van der Waals surface area contributed by atoms with Crippen LogP contribution < -0.4 is 25.4 Å². The van der Waals surface area contributed by atoms with E-state index in [1.807, 2.05) is 0 Å². The number of benzene rings is 2. The zero-order chi connectivity index (χ0) is 91.9. The van der Waals surface area contributed by atoms with Crippen molar-refractivity contribution in [2.24, 2.45) is 5.73 Å². The molecule has 1 fully saturated rings. The number of aliphatic hydroxyl groups excluding tert-OH is 1. The van der Waals surface area contributed by atoms with Crippen molar-refractivity contribution in [3.05, 3.63) is 60.7 Å². The fourth-order valence-electron chi connectivity index (χ4n) is 16.8. The van der Waals surface area contributed by atoms with Crippen molar-refractivity contribution in [1.82, 2.24) is 10.6 Å². The van der Waals surface area contributed by atoms with Gasteiger partial charge in [-0.25, -0.2) is 4.57 Å². The van der Waals surface area contributed by atoms with Gasteiger partial charge < -0.3 is 53.6 Å². The van der Waals surface area contributed by atoms with Gasteiger partial charge in [0.25, 0.3) is 0 Å². The normalized spacial score (nSPS) is 16.1. The number of aliphatic hydroxyl groups is 1. The predicted molar refractivity (Wildman–Crippen MR) is 514 cm³/mol. The average molecular weight is 1810 g/mol. The van der Waals surface area contributed by atoms with Crippen LogP contribution in [0.1, 0.15) is 485 Å². The molecule has 21 nitrogen and oxygen atoms in total. The molecule has 0 spiro atoms. The summed E-state index contributed by atoms with van der Waals surface area (Å²) in [4.78, 5) is 101. The first kappa shape index (κ1) is 116. The van der Waals surface area contributed by atoms with Gasteiger partial charge in [0, 0.05) is 19.3 Å². The number of ether oxygens (including phenoxy) is 6. The molecule has 0 radical (unpaired) electrons. The number of nitrogens with two attached hydrogens (primary N) is 1. The monoisotopic (exact) mass is 1810 g/mol. The first-order valence-electron chi connectivity index (χ1n) is 52.3. The maximum Gasteiger partial charge on any atom is 0.588 e. The maximum atomic E-state index is 15.8. The van der Waals surface area contributed by atoms with Crippen molar-refractivity contribution in [3.8, 4) is 11.5 Å². The van der Waals surface area contributed by atoms with Crippen molar-refractivity contribution < 1.29 is 85.2 Å². The molecule has 0 saturated carbocycles. The summed E-state index contributed by atoms with van der Waals surface area (Å²) in [6, 6.07) is 13.0. The summed E-state index contributed by atoms with van der Waals surface area (Å²) in [7, 11) is -5.04. The Kier molecular flexibility index (Phi) is 73.1. The third kappa shape index (κ3) is 62.6. The Balaban J connectivity index is 2.16. The van der Waals surface area contributed by atoms with Gasteiger partial charge in [0.1, 0.15) is 54.1 Å². The molecule has 0 aromatic heterocycles. The third-order valence-electron chi connectivity index (χ3n) is 24.6. The molecule has 732 valence electrons. The smallest absolute Gasteiger partial charge is 0.462 e. The number of nitrogens with one attached hydrogen (secondary N) is 2. The molecular weight excluding hydrogens is 1620 g/mol. The number of hydrogen-bond donors (Lipinski definition) is 4. The first-order valence-corrected chi connectivity index (χ1v) is 53.8. The molecule has 3 amide bonds. The number of hydrogen-bond acceptors (Lipinski definition) is 19. The summed E-state index contributed by atoms with van der Waals surface area (Å²) in [6.07, 6.45) is 55.7. The Labute approximate surface area is 771 Å². The van der Waals surface area contributed by atoms with Crippen LogP contribution in [0.5, 0.6) is 11.5 Å². The molecule has 1 aliphatic rings. The van der Waals surface area contributed by atoms with Crippen LogP contribution in [0.3, 0.4) is 0 Å². The third-order valence-corrected chi connectivity index (χ3v) is 26.0. The number of esters is 4. The highest BCUT2D eigenvalue weighted by molar-refractivity contribution is 7.49. The number of carbonyl (C=O) groups is 7. The molecule has 5 N–H and O–H groups in total. The van der Waals surface area contributed by atoms with Crippen molar-refractivity contribution in [1.29, 1.82) is 0 Å². The van der Waals surface area contributed by atoms with Gasteiger partial charge in [0.2, 0.25) is 17.7 Å². The number of imide groups is 1. The molecule has 2 aromatic rings. The lowest BCUT2D eigenvalue weighted by atomic mass is 9.95. The topological polar surface area (TPSA) is 290 Å². The molecule has 0 bridgehead atoms. The molecule has 0 unspecified atom stereocenters. The SMILES string of the molecule is CCCCCCCCCCCCCC(=O)O[C@H](CCCCCCCCCCC)CC(=O)NC(=O)[C@@H](N)CO[C@@H]1O[C@H](CO)[C@@H](OP(=O)(Oc2ccccc2)Oc2ccccc2)[C@H](OC(=O)C[C@@H](CCCCCCCCCCC)OC(=O)CCCCCCCCCCCCC)[C@H]1NC(=O)C[C@@H](CCCCCCCCCCC)OC(=O)CCCCCCCCCCCCC. The summed E-state index contributed by atoms with van der Waals surface area (Å²) in [5.74, 6) is -4.46. The molecule has 1 saturated heterocycles. The zero-order valence-corrected chi connectivity index (χ0v) is 82.0. The lowest BCUT2D eigenvalue weighted by molar-refractivity contribution is -0.271. The average Bonchev–Trinajstić information content (AvgIpc) is 0.771. The van der Waals surface area contributed by atoms with Crippen molar-refractivity contribution in [2.75, 3.05) is 13.2 Å². The number of unbranched alkanes of at least 4 members (excludes halogenated alkanes) is 54. The summed E-state index contributed by atoms with van der Waals surface area (Å²) in [5, 5.41) is 17.1. The van der Waals surface area contributed by atoms with E-state index in [1.165, 1.54) is 198 Å². The van der Waals surface area contributed by atoms with E-state index in [1.54, 1.807) is 36.4 Å². The van der Waals surface area contributed by atoms with Crippen LogP contribution in [-0.4, -0.2) is 115 Å². The molecule has 3 rings (SSSR count). The van der Waals surface area contributed by atoms with E-state index in [0.29, 0.717) is 57.8 Å². The quantitative estimate of drug-likeness (QED) is 0.0207. The molecule has 2 aromatic carbocycles. The number of rotatable bonds is 88. The van der Waals surface area contributed by atoms with E-state index >= 15 is 14.2 Å². The predicted octanol–water partition coefficient (Wildman–Crippen LogP) is 27.5. The second kappa shape index (κ2) is 80.2. The highest BCUT2D eigenvalue weighted by atomic mass is 31.2. The van der Waals surface area contributed by atoms with Crippen LogP contribution in [0.2, 0.25) is 0 Å². The molecule has 127 heavy (non-hydrogen) atoms. The van der Waals surface area contributed by atoms with Crippen molar-refractivity contribution >= 4 is 49.4 Å². The van der Waals surface area contributed by atoms with Crippen LogP contribution in [0, 0.1) is 0 Å². The van der Waals surface area contributed by atoms with Crippen LogP contribution in [-0.2, 0) is 71.1 Å². The molecule has 22 heteroatoms. The molecule has 1 heterocycles. The standard InChI is InChI=1S/C105H184N3O18P/c1-7-13-19-25-31-37-40-46-52-58-70-80-97(112)119-90(77-63-55-49-43-34-28-22-16-10-4)83-95(110)107-101-103(123-100(115)85-92(79-65-57-51-45-36-30-24-18-12-6)121-99(114)82-72-60-54-48-42-39-33-27-21-15-9-3)102(126-127(117,124-88-73-66-61-67-74-88)125-89-75-68-62-69-76-89)94(86-109)122-105(101)118-87-93(106)104(116)108-96(111)84-91(78-64-56-50-44-35-29-23-17-11-5)120-98(113)81-71-59-53-47-41-38-32-26-20-14-8-2/h61-62,66-69,73-76,90-94,101-103,105,109H,7-60,63-65,70-72,77-87,106H2,1-6H3,(H,107,110)(H,108,111,116)/t90-,91-,92-,93+,94-,101-,102-,103-,105-/m1/s1. The van der Waals surface area contributed by atoms with E-state index in [-0.39, 0.29) is 43.6 Å². The molecule has 0 aliphatic carbocycles. The Hall–Kier alpha value is -5.44. The van der Waals surface area contributed by atoms with Gasteiger partial charge in [-0.15, -0.1) is 0 Å². The Bertz CT molecular complexity index is 3000. The van der Waals surface area contributed by atoms with Gasteiger partial charge in [0.15, 0.2) is 12.4 Å². The zero-order valence-electron chi connectivity index (χ0n) is 81.1. The highest BCUT2D eigenvalue weighted by Gasteiger charge is 2.54. The van der Waals surface area contributed by atoms with Gasteiger partial charge in [-0.1, -0.05) is 425 Å². The van der Waals surface area contributed by atoms with Gasteiger partial charge in [-0.2, -0.15) is 0 Å². The lowest BCUT2D eigenvalue weighted by Crippen LogP contribution is -2.67. The van der Waals surface area contributed by atoms with Gasteiger partial charge in [-0.05, 0) is 82.1 Å². The van der Waals surface area contributed by atoms with Crippen LogP contribution in [0.25, 0.3) is 0 Å². The number of amides is 3. The van der Waals surface area contributed by atoms with Crippen molar-refractivity contribution in [3.63, 3.8) is 0 Å². The fourth-order valence-corrected chi connectivity index (χ4v) is 18.3. The number of para-hydroxylation sites is 2. The highest BCUT2D eigenvalue weighted by Crippen LogP contribution is 2.53. The van der Waals surface area contributed by atoms with Crippen molar-refractivity contribution in [2.45, 2.75) is 540 Å². The van der Waals surface area contributed by atoms with E-state index < -0.39 is 124 Å². The summed E-state index contributed by atoms with van der Waals surface area (Å²) >= 11 is 0. The Morgan fingerprint density at radius 3 is 0.961 bits per heavy atom. The van der Waals surface area contributed by atoms with Crippen LogP contribution in [0.4, 0.5) is 0 Å².